The Bertz CT molecular complexity index is 201. The van der Waals surface area contributed by atoms with Gasteiger partial charge < -0.3 is 9.80 Å². The molecule has 0 atom stereocenters. The van der Waals surface area contributed by atoms with E-state index >= 15 is 0 Å². The minimum absolute atomic E-state index is 0.272. The van der Waals surface area contributed by atoms with Gasteiger partial charge in [0.05, 0.1) is 0 Å². The smallest absolute Gasteiger partial charge is 0.320 e. The molecule has 1 aliphatic heterocycles. The minimum Gasteiger partial charge on any atom is -0.323 e. The topological polar surface area (TPSA) is 23.6 Å². The van der Waals surface area contributed by atoms with Gasteiger partial charge in [-0.05, 0) is 25.2 Å². The zero-order valence-electron chi connectivity index (χ0n) is 8.33. The van der Waals surface area contributed by atoms with Crippen LogP contribution in [0.5, 0.6) is 0 Å². The van der Waals surface area contributed by atoms with Crippen LogP contribution in [0.3, 0.4) is 0 Å². The third kappa shape index (κ3) is 1.95. The molecule has 0 radical (unpaired) electrons. The number of hydrogen-bond acceptors (Lipinski definition) is 1. The van der Waals surface area contributed by atoms with Gasteiger partial charge in [0, 0.05) is 26.2 Å². The second kappa shape index (κ2) is 3.56. The fraction of sp³-hybridized carbons (Fsp3) is 0.900. The summed E-state index contributed by atoms with van der Waals surface area (Å²) in [5.74, 6) is 0.825. The van der Waals surface area contributed by atoms with Crippen LogP contribution in [0, 0.1) is 5.92 Å². The van der Waals surface area contributed by atoms with Crippen LogP contribution in [0.1, 0.15) is 26.2 Å². The van der Waals surface area contributed by atoms with Crippen molar-refractivity contribution in [2.45, 2.75) is 26.2 Å². The first-order valence-electron chi connectivity index (χ1n) is 5.35. The van der Waals surface area contributed by atoms with Gasteiger partial charge in [-0.25, -0.2) is 4.79 Å². The minimum atomic E-state index is 0.272. The lowest BCUT2D eigenvalue weighted by Gasteiger charge is -2.17. The van der Waals surface area contributed by atoms with Gasteiger partial charge in [-0.2, -0.15) is 0 Å². The molecule has 2 fully saturated rings. The van der Waals surface area contributed by atoms with Crippen LogP contribution in [0.2, 0.25) is 0 Å². The Hall–Kier alpha value is -0.730. The molecule has 2 aliphatic rings. The molecule has 1 saturated heterocycles. The molecule has 3 nitrogen and oxygen atoms in total. The molecule has 0 unspecified atom stereocenters. The molecule has 1 aliphatic carbocycles. The third-order valence-electron chi connectivity index (χ3n) is 2.85. The van der Waals surface area contributed by atoms with Crippen LogP contribution in [-0.4, -0.2) is 42.0 Å². The van der Waals surface area contributed by atoms with Crippen LogP contribution in [0.4, 0.5) is 4.79 Å². The SMILES string of the molecule is CCCN1CCN(CC2CC2)C1=O. The normalized spacial score (nSPS) is 23.0. The number of rotatable bonds is 4. The van der Waals surface area contributed by atoms with Crippen molar-refractivity contribution in [1.82, 2.24) is 9.80 Å². The molecular weight excluding hydrogens is 164 g/mol. The number of hydrogen-bond donors (Lipinski definition) is 0. The maximum absolute atomic E-state index is 11.7. The van der Waals surface area contributed by atoms with E-state index in [1.54, 1.807) is 0 Å². The molecule has 0 aromatic rings. The molecule has 2 rings (SSSR count). The number of carbonyl (C=O) groups excluding carboxylic acids is 1. The van der Waals surface area contributed by atoms with Crippen molar-refractivity contribution in [1.29, 1.82) is 0 Å². The summed E-state index contributed by atoms with van der Waals surface area (Å²) in [6.07, 6.45) is 3.73. The predicted octanol–water partition coefficient (Wildman–Crippen LogP) is 1.54. The lowest BCUT2D eigenvalue weighted by molar-refractivity contribution is 0.190. The van der Waals surface area contributed by atoms with Crippen LogP contribution in [0.15, 0.2) is 0 Å². The third-order valence-corrected chi connectivity index (χ3v) is 2.85. The van der Waals surface area contributed by atoms with E-state index in [2.05, 4.69) is 6.92 Å². The Balaban J connectivity index is 1.82. The lowest BCUT2D eigenvalue weighted by atomic mass is 10.4. The summed E-state index contributed by atoms with van der Waals surface area (Å²) >= 11 is 0. The molecule has 3 heteroatoms. The Kier molecular flexibility index (Phi) is 2.42. The Morgan fingerprint density at radius 2 is 2.00 bits per heavy atom. The molecule has 74 valence electrons. The highest BCUT2D eigenvalue weighted by molar-refractivity contribution is 5.76. The lowest BCUT2D eigenvalue weighted by Crippen LogP contribution is -2.33. The summed E-state index contributed by atoms with van der Waals surface area (Å²) in [4.78, 5) is 15.7. The van der Waals surface area contributed by atoms with E-state index in [1.165, 1.54) is 12.8 Å². The van der Waals surface area contributed by atoms with Crippen molar-refractivity contribution in [3.63, 3.8) is 0 Å². The molecule has 0 N–H and O–H groups in total. The molecule has 2 amide bonds. The Morgan fingerprint density at radius 1 is 1.31 bits per heavy atom. The fourth-order valence-corrected chi connectivity index (χ4v) is 1.89. The van der Waals surface area contributed by atoms with Crippen molar-refractivity contribution in [2.24, 2.45) is 5.92 Å². The largest absolute Gasteiger partial charge is 0.323 e. The maximum atomic E-state index is 11.7. The van der Waals surface area contributed by atoms with Gasteiger partial charge in [0.2, 0.25) is 0 Å². The van der Waals surface area contributed by atoms with Gasteiger partial charge in [0.25, 0.3) is 0 Å². The van der Waals surface area contributed by atoms with Crippen LogP contribution >= 0.6 is 0 Å². The highest BCUT2D eigenvalue weighted by Gasteiger charge is 2.32. The predicted molar refractivity (Wildman–Crippen MR) is 51.6 cm³/mol. The van der Waals surface area contributed by atoms with E-state index in [-0.39, 0.29) is 6.03 Å². The van der Waals surface area contributed by atoms with Crippen molar-refractivity contribution < 1.29 is 4.79 Å². The first-order chi connectivity index (χ1) is 6.31. The Morgan fingerprint density at radius 3 is 2.62 bits per heavy atom. The van der Waals surface area contributed by atoms with Gasteiger partial charge in [0.1, 0.15) is 0 Å². The summed E-state index contributed by atoms with van der Waals surface area (Å²) < 4.78 is 0. The zero-order valence-corrected chi connectivity index (χ0v) is 8.33. The number of nitrogens with zero attached hydrogens (tertiary/aromatic N) is 2. The highest BCUT2D eigenvalue weighted by atomic mass is 16.2. The number of carbonyl (C=O) groups is 1. The van der Waals surface area contributed by atoms with E-state index in [0.717, 1.165) is 38.5 Å². The van der Waals surface area contributed by atoms with Crippen LogP contribution in [-0.2, 0) is 0 Å². The molecule has 1 saturated carbocycles. The quantitative estimate of drug-likeness (QED) is 0.647. The fourth-order valence-electron chi connectivity index (χ4n) is 1.89. The van der Waals surface area contributed by atoms with Crippen molar-refractivity contribution >= 4 is 6.03 Å². The highest BCUT2D eigenvalue weighted by Crippen LogP contribution is 2.30. The molecule has 0 spiro atoms. The first-order valence-corrected chi connectivity index (χ1v) is 5.35. The molecule has 13 heavy (non-hydrogen) atoms. The second-order valence-electron chi connectivity index (χ2n) is 4.16. The first kappa shape index (κ1) is 8.85. The average Bonchev–Trinajstić information content (AvgIpc) is 2.86. The monoisotopic (exact) mass is 182 g/mol. The van der Waals surface area contributed by atoms with Gasteiger partial charge in [0.15, 0.2) is 0 Å². The molecular formula is C10H18N2O. The summed E-state index contributed by atoms with van der Waals surface area (Å²) in [5, 5.41) is 0. The van der Waals surface area contributed by atoms with Crippen molar-refractivity contribution in [3.8, 4) is 0 Å². The Labute approximate surface area is 79.7 Å². The van der Waals surface area contributed by atoms with Gasteiger partial charge in [-0.15, -0.1) is 0 Å². The summed E-state index contributed by atoms with van der Waals surface area (Å²) in [6, 6.07) is 0.272. The molecule has 0 aromatic carbocycles. The standard InChI is InChI=1S/C10H18N2O/c1-2-5-11-6-7-12(10(11)13)8-9-3-4-9/h9H,2-8H2,1H3. The van der Waals surface area contributed by atoms with E-state index in [1.807, 2.05) is 9.80 Å². The zero-order chi connectivity index (χ0) is 9.26. The summed E-state index contributed by atoms with van der Waals surface area (Å²) in [6.45, 7) is 5.96. The van der Waals surface area contributed by atoms with Crippen LogP contribution < -0.4 is 0 Å². The van der Waals surface area contributed by atoms with E-state index in [4.69, 9.17) is 0 Å². The van der Waals surface area contributed by atoms with Crippen molar-refractivity contribution in [3.05, 3.63) is 0 Å². The summed E-state index contributed by atoms with van der Waals surface area (Å²) in [5.41, 5.74) is 0. The van der Waals surface area contributed by atoms with Gasteiger partial charge >= 0.3 is 6.03 Å². The van der Waals surface area contributed by atoms with E-state index < -0.39 is 0 Å². The number of amides is 2. The molecule has 1 heterocycles. The average molecular weight is 182 g/mol. The number of urea groups is 1. The second-order valence-corrected chi connectivity index (χ2v) is 4.16. The van der Waals surface area contributed by atoms with Gasteiger partial charge in [-0.3, -0.25) is 0 Å². The van der Waals surface area contributed by atoms with E-state index in [9.17, 15) is 4.79 Å². The van der Waals surface area contributed by atoms with Crippen molar-refractivity contribution in [2.75, 3.05) is 26.2 Å². The maximum Gasteiger partial charge on any atom is 0.320 e. The molecule has 0 aromatic heterocycles. The van der Waals surface area contributed by atoms with Gasteiger partial charge in [-0.1, -0.05) is 6.92 Å². The van der Waals surface area contributed by atoms with E-state index in [0.29, 0.717) is 0 Å². The molecule has 0 bridgehead atoms. The van der Waals surface area contributed by atoms with Crippen LogP contribution in [0.25, 0.3) is 0 Å². The summed E-state index contributed by atoms with van der Waals surface area (Å²) in [7, 11) is 0.